The smallest absolute Gasteiger partial charge is 0.418 e. The van der Waals surface area contributed by atoms with E-state index in [1.807, 2.05) is 42.6 Å². The van der Waals surface area contributed by atoms with Crippen molar-refractivity contribution in [3.63, 3.8) is 0 Å². The van der Waals surface area contributed by atoms with E-state index in [0.717, 1.165) is 53.6 Å². The van der Waals surface area contributed by atoms with E-state index in [4.69, 9.17) is 4.74 Å². The van der Waals surface area contributed by atoms with E-state index in [0.29, 0.717) is 5.75 Å². The zero-order valence-electron chi connectivity index (χ0n) is 20.7. The van der Waals surface area contributed by atoms with Gasteiger partial charge in [-0.2, -0.15) is 13.2 Å². The average Bonchev–Trinajstić information content (AvgIpc) is 3.50. The first kappa shape index (κ1) is 24.6. The fraction of sp³-hybridized carbons (Fsp3) is 0.276. The van der Waals surface area contributed by atoms with Crippen molar-refractivity contribution >= 4 is 23.1 Å². The maximum absolute atomic E-state index is 14.0. The molecule has 0 saturated heterocycles. The van der Waals surface area contributed by atoms with Crippen molar-refractivity contribution in [2.75, 3.05) is 12.4 Å². The number of ether oxygens (including phenoxy) is 1. The number of fused-ring (bicyclic) bond motifs is 5. The summed E-state index contributed by atoms with van der Waals surface area (Å²) in [5, 5.41) is 3.68. The summed E-state index contributed by atoms with van der Waals surface area (Å²) in [5.41, 5.74) is 2.89. The molecule has 38 heavy (non-hydrogen) atoms. The fourth-order valence-corrected chi connectivity index (χ4v) is 6.98. The van der Waals surface area contributed by atoms with Crippen LogP contribution in [-0.4, -0.2) is 22.6 Å². The minimum atomic E-state index is -4.59. The van der Waals surface area contributed by atoms with E-state index >= 15 is 0 Å². The largest absolute Gasteiger partial charge is 0.497 e. The number of hydrogen-bond donors (Lipinski definition) is 1. The van der Waals surface area contributed by atoms with Gasteiger partial charge in [-0.25, -0.2) is 4.79 Å². The van der Waals surface area contributed by atoms with Gasteiger partial charge in [-0.1, -0.05) is 24.3 Å². The van der Waals surface area contributed by atoms with Gasteiger partial charge in [0.2, 0.25) is 0 Å². The first-order chi connectivity index (χ1) is 18.3. The van der Waals surface area contributed by atoms with E-state index in [2.05, 4.69) is 9.88 Å². The molecule has 2 aromatic carbocycles. The molecule has 1 atom stereocenters. The highest BCUT2D eigenvalue weighted by atomic mass is 32.1. The van der Waals surface area contributed by atoms with Crippen LogP contribution in [0.3, 0.4) is 0 Å². The van der Waals surface area contributed by atoms with E-state index in [1.54, 1.807) is 23.3 Å². The third-order valence-corrected chi connectivity index (χ3v) is 8.66. The second kappa shape index (κ2) is 9.54. The van der Waals surface area contributed by atoms with Crippen molar-refractivity contribution in [1.29, 1.82) is 0 Å². The number of benzene rings is 2. The Kier molecular flexibility index (Phi) is 6.18. The lowest BCUT2D eigenvalue weighted by molar-refractivity contribution is -0.136. The predicted molar refractivity (Wildman–Crippen MR) is 141 cm³/mol. The maximum Gasteiger partial charge on any atom is 0.418 e. The number of methoxy groups -OCH3 is 1. The van der Waals surface area contributed by atoms with Crippen LogP contribution in [0.4, 0.5) is 23.7 Å². The first-order valence-electron chi connectivity index (χ1n) is 12.5. The zero-order chi connectivity index (χ0) is 26.4. The number of aryl methyl sites for hydroxylation is 1. The van der Waals surface area contributed by atoms with Crippen LogP contribution >= 0.6 is 11.3 Å². The molecule has 0 bridgehead atoms. The van der Waals surface area contributed by atoms with Crippen LogP contribution in [0.2, 0.25) is 0 Å². The normalized spacial score (nSPS) is 16.7. The second-order valence-electron chi connectivity index (χ2n) is 9.58. The number of carbonyl (C=O) groups is 1. The number of urea groups is 1. The molecule has 0 radical (unpaired) electrons. The third kappa shape index (κ3) is 4.24. The molecule has 5 nitrogen and oxygen atoms in total. The van der Waals surface area contributed by atoms with E-state index in [1.165, 1.54) is 28.6 Å². The zero-order valence-corrected chi connectivity index (χ0v) is 21.5. The number of aromatic nitrogens is 1. The van der Waals surface area contributed by atoms with Crippen LogP contribution in [0.15, 0.2) is 66.9 Å². The SMILES string of the molecule is COc1cccc(C2c3cccn3-c3sc4c(c3CN2C(=O)Nc2ccccc2C(F)(F)F)CCCC4)c1. The lowest BCUT2D eigenvalue weighted by atomic mass is 9.95. The van der Waals surface area contributed by atoms with Crippen molar-refractivity contribution in [3.05, 3.63) is 99.7 Å². The Bertz CT molecular complexity index is 1510. The van der Waals surface area contributed by atoms with Gasteiger partial charge in [0.25, 0.3) is 0 Å². The van der Waals surface area contributed by atoms with Gasteiger partial charge in [0.05, 0.1) is 36.6 Å². The molecule has 1 aliphatic carbocycles. The van der Waals surface area contributed by atoms with Crippen LogP contribution < -0.4 is 10.1 Å². The summed E-state index contributed by atoms with van der Waals surface area (Å²) in [7, 11) is 1.58. The van der Waals surface area contributed by atoms with Crippen LogP contribution in [0.5, 0.6) is 5.75 Å². The molecular formula is C29H26F3N3O2S. The summed E-state index contributed by atoms with van der Waals surface area (Å²) in [5.74, 6) is 0.639. The number of nitrogens with zero attached hydrogens (tertiary/aromatic N) is 2. The molecule has 9 heteroatoms. The summed E-state index contributed by atoms with van der Waals surface area (Å²) in [6, 6.07) is 15.4. The minimum absolute atomic E-state index is 0.262. The maximum atomic E-state index is 14.0. The molecule has 2 amide bonds. The molecule has 6 rings (SSSR count). The monoisotopic (exact) mass is 537 g/mol. The van der Waals surface area contributed by atoms with Crippen molar-refractivity contribution in [2.24, 2.45) is 0 Å². The van der Waals surface area contributed by atoms with Crippen LogP contribution in [0, 0.1) is 0 Å². The van der Waals surface area contributed by atoms with Crippen LogP contribution in [0.1, 0.15) is 51.7 Å². The number of anilines is 1. The molecule has 1 aliphatic heterocycles. The number of alkyl halides is 3. The number of hydrogen-bond acceptors (Lipinski definition) is 3. The molecular weight excluding hydrogens is 511 g/mol. The Labute approximate surface area is 222 Å². The molecule has 0 fully saturated rings. The van der Waals surface area contributed by atoms with Crippen molar-refractivity contribution in [2.45, 2.75) is 44.4 Å². The highest BCUT2D eigenvalue weighted by Gasteiger charge is 2.38. The Morgan fingerprint density at radius 1 is 1.03 bits per heavy atom. The van der Waals surface area contributed by atoms with Crippen LogP contribution in [-0.2, 0) is 25.6 Å². The molecule has 1 unspecified atom stereocenters. The van der Waals surface area contributed by atoms with Gasteiger partial charge in [-0.05, 0) is 73.2 Å². The van der Waals surface area contributed by atoms with Crippen LogP contribution in [0.25, 0.3) is 5.00 Å². The predicted octanol–water partition coefficient (Wildman–Crippen LogP) is 7.58. The van der Waals surface area contributed by atoms with Crippen molar-refractivity contribution < 1.29 is 22.7 Å². The lowest BCUT2D eigenvalue weighted by Gasteiger charge is -2.32. The Morgan fingerprint density at radius 3 is 2.66 bits per heavy atom. The van der Waals surface area contributed by atoms with Gasteiger partial charge in [-0.15, -0.1) is 11.3 Å². The number of thiophene rings is 1. The van der Waals surface area contributed by atoms with Crippen molar-refractivity contribution in [3.8, 4) is 10.8 Å². The van der Waals surface area contributed by atoms with Crippen molar-refractivity contribution in [1.82, 2.24) is 9.47 Å². The number of halogens is 3. The number of nitrogens with one attached hydrogen (secondary N) is 1. The number of amides is 2. The molecule has 4 aromatic rings. The summed E-state index contributed by atoms with van der Waals surface area (Å²) < 4.78 is 48.9. The molecule has 2 aliphatic rings. The van der Waals surface area contributed by atoms with E-state index in [-0.39, 0.29) is 12.2 Å². The summed E-state index contributed by atoms with van der Waals surface area (Å²) in [4.78, 5) is 17.0. The van der Waals surface area contributed by atoms with E-state index < -0.39 is 23.8 Å². The van der Waals surface area contributed by atoms with Gasteiger partial charge in [0, 0.05) is 16.6 Å². The molecule has 0 saturated carbocycles. The van der Waals surface area contributed by atoms with Gasteiger partial charge in [-0.3, -0.25) is 0 Å². The minimum Gasteiger partial charge on any atom is -0.497 e. The van der Waals surface area contributed by atoms with Gasteiger partial charge in [0.1, 0.15) is 10.8 Å². The highest BCUT2D eigenvalue weighted by molar-refractivity contribution is 7.15. The van der Waals surface area contributed by atoms with Gasteiger partial charge in [0.15, 0.2) is 0 Å². The summed E-state index contributed by atoms with van der Waals surface area (Å²) in [6.45, 7) is 0.282. The van der Waals surface area contributed by atoms with Gasteiger partial charge >= 0.3 is 12.2 Å². The fourth-order valence-electron chi connectivity index (χ4n) is 5.58. The Morgan fingerprint density at radius 2 is 1.84 bits per heavy atom. The molecule has 0 spiro atoms. The number of para-hydroxylation sites is 1. The first-order valence-corrected chi connectivity index (χ1v) is 13.4. The Balaban J connectivity index is 1.50. The average molecular weight is 538 g/mol. The standard InChI is InChI=1S/C29H26F3N3O2S/c1-37-19-9-6-8-18(16-19)26-24-13-7-15-34(24)27-21(20-10-2-5-14-25(20)38-27)17-35(26)28(36)33-23-12-4-3-11-22(23)29(30,31)32/h3-4,6-9,11-13,15-16,26H,2,5,10,14,17H2,1H3,(H,33,36). The third-order valence-electron chi connectivity index (χ3n) is 7.32. The number of carbonyl (C=O) groups excluding carboxylic acids is 1. The Hall–Kier alpha value is -3.72. The number of rotatable bonds is 3. The van der Waals surface area contributed by atoms with E-state index in [9.17, 15) is 18.0 Å². The molecule has 2 aromatic heterocycles. The lowest BCUT2D eigenvalue weighted by Crippen LogP contribution is -2.38. The highest BCUT2D eigenvalue weighted by Crippen LogP contribution is 2.45. The topological polar surface area (TPSA) is 46.5 Å². The summed E-state index contributed by atoms with van der Waals surface area (Å²) >= 11 is 1.76. The molecule has 1 N–H and O–H groups in total. The summed E-state index contributed by atoms with van der Waals surface area (Å²) in [6.07, 6.45) is 1.57. The molecule has 196 valence electrons. The van der Waals surface area contributed by atoms with Gasteiger partial charge < -0.3 is 19.5 Å². The second-order valence-corrected chi connectivity index (χ2v) is 10.7. The molecule has 3 heterocycles. The quantitative estimate of drug-likeness (QED) is 0.293.